The maximum absolute atomic E-state index is 13.6. The number of halogens is 2. The molecule has 0 fully saturated rings. The van der Waals surface area contributed by atoms with Crippen LogP contribution in [0.3, 0.4) is 0 Å². The van der Waals surface area contributed by atoms with Crippen molar-refractivity contribution in [2.45, 2.75) is 19.4 Å². The third-order valence-electron chi connectivity index (χ3n) is 3.65. The Morgan fingerprint density at radius 2 is 2.11 bits per heavy atom. The molecule has 0 unspecified atom stereocenters. The van der Waals surface area contributed by atoms with E-state index in [1.807, 2.05) is 6.07 Å². The van der Waals surface area contributed by atoms with Gasteiger partial charge in [-0.25, -0.2) is 13.8 Å². The van der Waals surface area contributed by atoms with Crippen LogP contribution in [0.25, 0.3) is 10.6 Å². The molecule has 0 radical (unpaired) electrons. The van der Waals surface area contributed by atoms with Gasteiger partial charge in [0, 0.05) is 29.4 Å². The third kappa shape index (κ3) is 4.95. The van der Waals surface area contributed by atoms with Crippen LogP contribution in [0, 0.1) is 11.6 Å². The van der Waals surface area contributed by atoms with Crippen molar-refractivity contribution in [3.05, 3.63) is 65.4 Å². The molecule has 3 rings (SSSR count). The van der Waals surface area contributed by atoms with Crippen LogP contribution >= 0.6 is 11.3 Å². The molecule has 0 spiro atoms. The second kappa shape index (κ2) is 8.66. The van der Waals surface area contributed by atoms with Crippen molar-refractivity contribution in [3.63, 3.8) is 0 Å². The van der Waals surface area contributed by atoms with E-state index in [0.717, 1.165) is 17.7 Å². The van der Waals surface area contributed by atoms with Crippen molar-refractivity contribution in [2.24, 2.45) is 0 Å². The highest BCUT2D eigenvalue weighted by molar-refractivity contribution is 7.13. The highest BCUT2D eigenvalue weighted by atomic mass is 32.1. The molecule has 0 saturated carbocycles. The van der Waals surface area contributed by atoms with Gasteiger partial charge in [0.15, 0.2) is 6.10 Å². The zero-order valence-electron chi connectivity index (χ0n) is 14.7. The number of anilines is 1. The van der Waals surface area contributed by atoms with Gasteiger partial charge >= 0.3 is 5.97 Å². The molecule has 9 heteroatoms. The van der Waals surface area contributed by atoms with Crippen LogP contribution in [0.2, 0.25) is 0 Å². The van der Waals surface area contributed by atoms with E-state index >= 15 is 0 Å². The Morgan fingerprint density at radius 1 is 1.29 bits per heavy atom. The van der Waals surface area contributed by atoms with Crippen molar-refractivity contribution in [2.75, 3.05) is 5.32 Å². The zero-order valence-corrected chi connectivity index (χ0v) is 15.5. The van der Waals surface area contributed by atoms with Crippen molar-refractivity contribution >= 4 is 28.9 Å². The molecule has 1 atom stereocenters. The Morgan fingerprint density at radius 3 is 2.82 bits per heavy atom. The van der Waals surface area contributed by atoms with E-state index < -0.39 is 29.6 Å². The maximum Gasteiger partial charge on any atom is 0.312 e. The summed E-state index contributed by atoms with van der Waals surface area (Å²) >= 11 is 1.36. The lowest BCUT2D eigenvalue weighted by molar-refractivity contribution is -0.152. The molecule has 2 aromatic heterocycles. The number of nitrogens with zero attached hydrogens (tertiary/aromatic N) is 2. The highest BCUT2D eigenvalue weighted by Crippen LogP contribution is 2.23. The van der Waals surface area contributed by atoms with Crippen molar-refractivity contribution in [1.82, 2.24) is 9.97 Å². The average Bonchev–Trinajstić information content (AvgIpc) is 3.13. The first-order valence-corrected chi connectivity index (χ1v) is 9.10. The molecule has 1 N–H and O–H groups in total. The Hall–Kier alpha value is -3.20. The second-order valence-corrected chi connectivity index (χ2v) is 6.67. The predicted molar refractivity (Wildman–Crippen MR) is 99.6 cm³/mol. The van der Waals surface area contributed by atoms with E-state index in [9.17, 15) is 18.4 Å². The van der Waals surface area contributed by atoms with Crippen molar-refractivity contribution in [3.8, 4) is 10.6 Å². The molecular formula is C19H15F2N3O3S. The molecule has 0 bridgehead atoms. The number of benzene rings is 1. The number of esters is 1. The van der Waals surface area contributed by atoms with Gasteiger partial charge in [-0.05, 0) is 31.2 Å². The monoisotopic (exact) mass is 403 g/mol. The summed E-state index contributed by atoms with van der Waals surface area (Å²) in [6.07, 6.45) is 2.05. The molecule has 0 aliphatic carbocycles. The first-order valence-electron chi connectivity index (χ1n) is 8.22. The summed E-state index contributed by atoms with van der Waals surface area (Å²) in [5.74, 6) is -3.06. The fraction of sp³-hybridized carbons (Fsp3) is 0.158. The van der Waals surface area contributed by atoms with Crippen LogP contribution in [0.15, 0.2) is 48.1 Å². The molecule has 3 aromatic rings. The number of amides is 1. The lowest BCUT2D eigenvalue weighted by atomic mass is 10.2. The standard InChI is InChI=1S/C19H15F2N3O3S/c1-11(18(26)24-16-5-4-13(20)7-15(16)21)27-17(25)8-14-10-28-19(23-14)12-3-2-6-22-9-12/h2-7,9-11H,8H2,1H3,(H,24,26)/t11-/m0/s1. The quantitative estimate of drug-likeness (QED) is 0.636. The number of carbonyl (C=O) groups is 2. The lowest BCUT2D eigenvalue weighted by Gasteiger charge is -2.13. The minimum atomic E-state index is -1.16. The number of carbonyl (C=O) groups excluding carboxylic acids is 2. The van der Waals surface area contributed by atoms with Crippen LogP contribution in [0.5, 0.6) is 0 Å². The van der Waals surface area contributed by atoms with Gasteiger partial charge in [-0.3, -0.25) is 14.6 Å². The Kier molecular flexibility index (Phi) is 6.05. The molecule has 6 nitrogen and oxygen atoms in total. The molecule has 1 aromatic carbocycles. The van der Waals surface area contributed by atoms with Gasteiger partial charge in [0.05, 0.1) is 17.8 Å². The molecule has 2 heterocycles. The van der Waals surface area contributed by atoms with E-state index in [0.29, 0.717) is 16.8 Å². The summed E-state index contributed by atoms with van der Waals surface area (Å²) in [6, 6.07) is 6.39. The summed E-state index contributed by atoms with van der Waals surface area (Å²) in [6.45, 7) is 1.36. The number of pyridine rings is 1. The van der Waals surface area contributed by atoms with E-state index in [1.165, 1.54) is 18.3 Å². The van der Waals surface area contributed by atoms with E-state index in [1.54, 1.807) is 23.8 Å². The molecule has 0 aliphatic rings. The van der Waals surface area contributed by atoms with Crippen molar-refractivity contribution in [1.29, 1.82) is 0 Å². The minimum Gasteiger partial charge on any atom is -0.452 e. The molecule has 1 amide bonds. The second-order valence-electron chi connectivity index (χ2n) is 5.81. The topological polar surface area (TPSA) is 81.2 Å². The maximum atomic E-state index is 13.6. The van der Waals surface area contributed by atoms with Crippen LogP contribution in [0.4, 0.5) is 14.5 Å². The zero-order chi connectivity index (χ0) is 20.1. The number of aromatic nitrogens is 2. The third-order valence-corrected chi connectivity index (χ3v) is 4.59. The Bertz CT molecular complexity index is 995. The predicted octanol–water partition coefficient (Wildman–Crippen LogP) is 3.60. The molecule has 144 valence electrons. The Labute approximate surface area is 163 Å². The molecule has 0 saturated heterocycles. The fourth-order valence-corrected chi connectivity index (χ4v) is 3.09. The van der Waals surface area contributed by atoms with Crippen LogP contribution in [0.1, 0.15) is 12.6 Å². The first-order chi connectivity index (χ1) is 13.4. The van der Waals surface area contributed by atoms with Gasteiger partial charge in [-0.15, -0.1) is 11.3 Å². The summed E-state index contributed by atoms with van der Waals surface area (Å²) in [7, 11) is 0. The Balaban J connectivity index is 1.55. The largest absolute Gasteiger partial charge is 0.452 e. The number of thiazole rings is 1. The van der Waals surface area contributed by atoms with Crippen molar-refractivity contribution < 1.29 is 23.1 Å². The summed E-state index contributed by atoms with van der Waals surface area (Å²) in [5.41, 5.74) is 1.14. The fourth-order valence-electron chi connectivity index (χ4n) is 2.28. The van der Waals surface area contributed by atoms with Gasteiger partial charge in [0.2, 0.25) is 0 Å². The number of nitrogens with one attached hydrogen (secondary N) is 1. The van der Waals surface area contributed by atoms with Gasteiger partial charge in [-0.1, -0.05) is 0 Å². The summed E-state index contributed by atoms with van der Waals surface area (Å²) < 4.78 is 31.6. The van der Waals surface area contributed by atoms with Crippen LogP contribution in [-0.4, -0.2) is 27.9 Å². The van der Waals surface area contributed by atoms with Gasteiger partial charge in [0.25, 0.3) is 5.91 Å². The minimum absolute atomic E-state index is 0.112. The smallest absolute Gasteiger partial charge is 0.312 e. The molecule has 28 heavy (non-hydrogen) atoms. The number of ether oxygens (including phenoxy) is 1. The number of rotatable bonds is 6. The lowest BCUT2D eigenvalue weighted by Crippen LogP contribution is -2.30. The van der Waals surface area contributed by atoms with Crippen LogP contribution < -0.4 is 5.32 Å². The van der Waals surface area contributed by atoms with Gasteiger partial charge in [0.1, 0.15) is 16.6 Å². The normalized spacial score (nSPS) is 11.7. The SMILES string of the molecule is C[C@H](OC(=O)Cc1csc(-c2cccnc2)n1)C(=O)Nc1ccc(F)cc1F. The van der Waals surface area contributed by atoms with E-state index in [2.05, 4.69) is 15.3 Å². The van der Waals surface area contributed by atoms with Gasteiger partial charge in [-0.2, -0.15) is 0 Å². The number of hydrogen-bond donors (Lipinski definition) is 1. The summed E-state index contributed by atoms with van der Waals surface area (Å²) in [4.78, 5) is 32.5. The van der Waals surface area contributed by atoms with E-state index in [4.69, 9.17) is 4.74 Å². The van der Waals surface area contributed by atoms with Gasteiger partial charge < -0.3 is 10.1 Å². The first kappa shape index (κ1) is 19.6. The molecule has 0 aliphatic heterocycles. The highest BCUT2D eigenvalue weighted by Gasteiger charge is 2.20. The van der Waals surface area contributed by atoms with E-state index in [-0.39, 0.29) is 12.1 Å². The average molecular weight is 403 g/mol. The van der Waals surface area contributed by atoms with Crippen LogP contribution in [-0.2, 0) is 20.7 Å². The summed E-state index contributed by atoms with van der Waals surface area (Å²) in [5, 5.41) is 4.69. The number of hydrogen-bond acceptors (Lipinski definition) is 6. The molecular weight excluding hydrogens is 388 g/mol.